The fourth-order valence-corrected chi connectivity index (χ4v) is 1.20. The van der Waals surface area contributed by atoms with E-state index in [1.54, 1.807) is 0 Å². The summed E-state index contributed by atoms with van der Waals surface area (Å²) in [6.45, 7) is 2.78. The third-order valence-corrected chi connectivity index (χ3v) is 1.79. The molecular weight excluding hydrogens is 130 g/mol. The second-order valence-corrected chi connectivity index (χ2v) is 2.45. The Kier molecular flexibility index (Phi) is 2.68. The van der Waals surface area contributed by atoms with E-state index in [0.29, 0.717) is 0 Å². The first-order valence-electron chi connectivity index (χ1n) is 3.71. The van der Waals surface area contributed by atoms with Crippen LogP contribution in [-0.4, -0.2) is 23.6 Å². The molecule has 10 heavy (non-hydrogen) atoms. The van der Waals surface area contributed by atoms with Crippen molar-refractivity contribution >= 4 is 5.71 Å². The maximum absolute atomic E-state index is 8.49. The summed E-state index contributed by atoms with van der Waals surface area (Å²) in [7, 11) is 0. The Morgan fingerprint density at radius 1 is 1.80 bits per heavy atom. The molecular formula is C7H13NO2. The SMILES string of the molecule is CC/C(=N/O)C1CCCO1. The molecule has 0 spiro atoms. The van der Waals surface area contributed by atoms with E-state index in [2.05, 4.69) is 5.16 Å². The molecule has 1 aliphatic heterocycles. The first-order chi connectivity index (χ1) is 4.88. The van der Waals surface area contributed by atoms with Crippen molar-refractivity contribution in [3.63, 3.8) is 0 Å². The lowest BCUT2D eigenvalue weighted by Gasteiger charge is -2.07. The molecule has 3 nitrogen and oxygen atoms in total. The fraction of sp³-hybridized carbons (Fsp3) is 0.857. The zero-order valence-electron chi connectivity index (χ0n) is 6.21. The van der Waals surface area contributed by atoms with Crippen LogP contribution in [0, 0.1) is 0 Å². The summed E-state index contributed by atoms with van der Waals surface area (Å²) in [6.07, 6.45) is 2.97. The van der Waals surface area contributed by atoms with Crippen LogP contribution < -0.4 is 0 Å². The molecule has 1 N–H and O–H groups in total. The van der Waals surface area contributed by atoms with Crippen LogP contribution in [0.4, 0.5) is 0 Å². The van der Waals surface area contributed by atoms with E-state index in [9.17, 15) is 0 Å². The van der Waals surface area contributed by atoms with Crippen LogP contribution in [0.3, 0.4) is 0 Å². The van der Waals surface area contributed by atoms with E-state index in [1.807, 2.05) is 6.92 Å². The lowest BCUT2D eigenvalue weighted by Crippen LogP contribution is -2.18. The molecule has 0 aromatic rings. The molecule has 1 fully saturated rings. The average molecular weight is 143 g/mol. The molecule has 0 bridgehead atoms. The molecule has 1 heterocycles. The quantitative estimate of drug-likeness (QED) is 0.360. The van der Waals surface area contributed by atoms with E-state index < -0.39 is 0 Å². The highest BCUT2D eigenvalue weighted by molar-refractivity contribution is 5.88. The van der Waals surface area contributed by atoms with Gasteiger partial charge in [-0.1, -0.05) is 12.1 Å². The van der Waals surface area contributed by atoms with Gasteiger partial charge in [0.25, 0.3) is 0 Å². The minimum Gasteiger partial charge on any atom is -0.411 e. The minimum absolute atomic E-state index is 0.0926. The van der Waals surface area contributed by atoms with E-state index in [4.69, 9.17) is 9.94 Å². The van der Waals surface area contributed by atoms with Crippen LogP contribution in [-0.2, 0) is 4.74 Å². The second kappa shape index (κ2) is 3.56. The van der Waals surface area contributed by atoms with Gasteiger partial charge in [-0.3, -0.25) is 0 Å². The third-order valence-electron chi connectivity index (χ3n) is 1.79. The summed E-state index contributed by atoms with van der Waals surface area (Å²) >= 11 is 0. The van der Waals surface area contributed by atoms with Gasteiger partial charge in [0.2, 0.25) is 0 Å². The van der Waals surface area contributed by atoms with Crippen LogP contribution in [0.2, 0.25) is 0 Å². The van der Waals surface area contributed by atoms with Crippen molar-refractivity contribution in [1.29, 1.82) is 0 Å². The Labute approximate surface area is 60.7 Å². The molecule has 1 atom stereocenters. The van der Waals surface area contributed by atoms with Crippen molar-refractivity contribution in [3.8, 4) is 0 Å². The standard InChI is InChI=1S/C7H13NO2/c1-2-6(8-9)7-4-3-5-10-7/h7,9H,2-5H2,1H3/b8-6-. The Bertz CT molecular complexity index is 128. The van der Waals surface area contributed by atoms with Crippen molar-refractivity contribution in [1.82, 2.24) is 0 Å². The molecule has 58 valence electrons. The summed E-state index contributed by atoms with van der Waals surface area (Å²) < 4.78 is 5.31. The maximum Gasteiger partial charge on any atom is 0.0989 e. The Balaban J connectivity index is 2.45. The Morgan fingerprint density at radius 3 is 3.00 bits per heavy atom. The smallest absolute Gasteiger partial charge is 0.0989 e. The summed E-state index contributed by atoms with van der Waals surface area (Å²) in [4.78, 5) is 0. The third kappa shape index (κ3) is 1.48. The number of hydrogen-bond donors (Lipinski definition) is 1. The first kappa shape index (κ1) is 7.54. The number of oxime groups is 1. The van der Waals surface area contributed by atoms with Crippen molar-refractivity contribution in [3.05, 3.63) is 0 Å². The molecule has 0 aromatic heterocycles. The number of ether oxygens (including phenoxy) is 1. The molecule has 1 saturated heterocycles. The van der Waals surface area contributed by atoms with Crippen molar-refractivity contribution in [2.45, 2.75) is 32.3 Å². The highest BCUT2D eigenvalue weighted by Gasteiger charge is 2.20. The molecule has 0 amide bonds. The van der Waals surface area contributed by atoms with Gasteiger partial charge < -0.3 is 9.94 Å². The van der Waals surface area contributed by atoms with Gasteiger partial charge in [0, 0.05) is 6.61 Å². The molecule has 0 aliphatic carbocycles. The van der Waals surface area contributed by atoms with Crippen molar-refractivity contribution in [2.24, 2.45) is 5.16 Å². The van der Waals surface area contributed by atoms with Crippen LogP contribution >= 0.6 is 0 Å². The van der Waals surface area contributed by atoms with Gasteiger partial charge in [0.15, 0.2) is 0 Å². The zero-order valence-corrected chi connectivity index (χ0v) is 6.21. The van der Waals surface area contributed by atoms with Gasteiger partial charge in [-0.2, -0.15) is 0 Å². The highest BCUT2D eigenvalue weighted by atomic mass is 16.5. The second-order valence-electron chi connectivity index (χ2n) is 2.45. The topological polar surface area (TPSA) is 41.8 Å². The van der Waals surface area contributed by atoms with Gasteiger partial charge in [-0.05, 0) is 19.3 Å². The minimum atomic E-state index is 0.0926. The predicted octanol–water partition coefficient (Wildman–Crippen LogP) is 1.41. The molecule has 0 radical (unpaired) electrons. The summed E-state index contributed by atoms with van der Waals surface area (Å²) in [6, 6.07) is 0. The van der Waals surface area contributed by atoms with Gasteiger partial charge in [-0.25, -0.2) is 0 Å². The zero-order chi connectivity index (χ0) is 7.40. The van der Waals surface area contributed by atoms with E-state index in [0.717, 1.165) is 31.6 Å². The summed E-state index contributed by atoms with van der Waals surface area (Å²) in [5, 5.41) is 11.7. The van der Waals surface area contributed by atoms with Crippen molar-refractivity contribution < 1.29 is 9.94 Å². The molecule has 1 unspecified atom stereocenters. The molecule has 0 aromatic carbocycles. The van der Waals surface area contributed by atoms with Gasteiger partial charge in [0.1, 0.15) is 0 Å². The average Bonchev–Trinajstić information content (AvgIpc) is 2.43. The largest absolute Gasteiger partial charge is 0.411 e. The summed E-state index contributed by atoms with van der Waals surface area (Å²) in [5.74, 6) is 0. The van der Waals surface area contributed by atoms with E-state index in [-0.39, 0.29) is 6.10 Å². The Morgan fingerprint density at radius 2 is 2.60 bits per heavy atom. The normalized spacial score (nSPS) is 27.3. The highest BCUT2D eigenvalue weighted by Crippen LogP contribution is 2.14. The lowest BCUT2D eigenvalue weighted by atomic mass is 10.1. The van der Waals surface area contributed by atoms with Crippen LogP contribution in [0.1, 0.15) is 26.2 Å². The van der Waals surface area contributed by atoms with Gasteiger partial charge in [-0.15, -0.1) is 0 Å². The predicted molar refractivity (Wildman–Crippen MR) is 38.5 cm³/mol. The lowest BCUT2D eigenvalue weighted by molar-refractivity contribution is 0.153. The van der Waals surface area contributed by atoms with E-state index >= 15 is 0 Å². The van der Waals surface area contributed by atoms with Crippen molar-refractivity contribution in [2.75, 3.05) is 6.61 Å². The van der Waals surface area contributed by atoms with Crippen LogP contribution in [0.25, 0.3) is 0 Å². The van der Waals surface area contributed by atoms with Gasteiger partial charge in [0.05, 0.1) is 11.8 Å². The van der Waals surface area contributed by atoms with Gasteiger partial charge >= 0.3 is 0 Å². The summed E-state index contributed by atoms with van der Waals surface area (Å²) in [5.41, 5.74) is 0.775. The number of nitrogens with zero attached hydrogens (tertiary/aromatic N) is 1. The molecule has 0 saturated carbocycles. The first-order valence-corrected chi connectivity index (χ1v) is 3.71. The molecule has 1 aliphatic rings. The fourth-order valence-electron chi connectivity index (χ4n) is 1.20. The van der Waals surface area contributed by atoms with E-state index in [1.165, 1.54) is 0 Å². The number of hydrogen-bond acceptors (Lipinski definition) is 3. The maximum atomic E-state index is 8.49. The monoisotopic (exact) mass is 143 g/mol. The molecule has 1 rings (SSSR count). The number of rotatable bonds is 2. The Hall–Kier alpha value is -0.570. The van der Waals surface area contributed by atoms with Crippen LogP contribution in [0.5, 0.6) is 0 Å². The van der Waals surface area contributed by atoms with Crippen LogP contribution in [0.15, 0.2) is 5.16 Å². The molecule has 3 heteroatoms.